The molecular formula is C18H15BrN2O3. The Balaban J connectivity index is 2.04. The van der Waals surface area contributed by atoms with Crippen LogP contribution in [0.1, 0.15) is 15.9 Å². The Bertz CT molecular complexity index is 912. The molecule has 0 aliphatic carbocycles. The fourth-order valence-corrected chi connectivity index (χ4v) is 3.03. The third-order valence-corrected chi connectivity index (χ3v) is 4.37. The number of anilines is 1. The van der Waals surface area contributed by atoms with Crippen molar-refractivity contribution in [3.05, 3.63) is 64.3 Å². The average molecular weight is 387 g/mol. The SMILES string of the molecule is COc1ccccc1CNc1ncc(Br)c2cccc(C(=O)O)c12. The summed E-state index contributed by atoms with van der Waals surface area (Å²) < 4.78 is 6.09. The van der Waals surface area contributed by atoms with E-state index in [0.29, 0.717) is 17.7 Å². The number of ether oxygens (including phenoxy) is 1. The molecule has 0 amide bonds. The van der Waals surface area contributed by atoms with E-state index in [0.717, 1.165) is 21.2 Å². The van der Waals surface area contributed by atoms with Crippen LogP contribution in [0, 0.1) is 0 Å². The van der Waals surface area contributed by atoms with Gasteiger partial charge in [0, 0.05) is 33.6 Å². The Labute approximate surface area is 147 Å². The molecule has 122 valence electrons. The number of rotatable bonds is 5. The van der Waals surface area contributed by atoms with Crippen molar-refractivity contribution >= 4 is 38.5 Å². The number of aromatic carboxylic acids is 1. The molecule has 5 nitrogen and oxygen atoms in total. The normalized spacial score (nSPS) is 10.6. The first-order chi connectivity index (χ1) is 11.6. The number of fused-ring (bicyclic) bond motifs is 1. The van der Waals surface area contributed by atoms with Gasteiger partial charge in [-0.3, -0.25) is 0 Å². The summed E-state index contributed by atoms with van der Waals surface area (Å²) in [4.78, 5) is 15.9. The van der Waals surface area contributed by atoms with Crippen LogP contribution in [0.2, 0.25) is 0 Å². The molecule has 1 aromatic heterocycles. The standard InChI is InChI=1S/C18H15BrN2O3/c1-24-15-8-3-2-5-11(15)9-20-17-16-12(14(19)10-21-17)6-4-7-13(16)18(22)23/h2-8,10H,9H2,1H3,(H,20,21)(H,22,23). The lowest BCUT2D eigenvalue weighted by Gasteiger charge is -2.13. The van der Waals surface area contributed by atoms with Crippen LogP contribution in [-0.2, 0) is 6.54 Å². The number of carbonyl (C=O) groups is 1. The molecule has 0 spiro atoms. The number of nitrogens with zero attached hydrogens (tertiary/aromatic N) is 1. The van der Waals surface area contributed by atoms with Gasteiger partial charge in [-0.2, -0.15) is 0 Å². The minimum atomic E-state index is -0.985. The number of aromatic nitrogens is 1. The molecule has 6 heteroatoms. The number of carboxylic acid groups (broad SMARTS) is 1. The summed E-state index contributed by atoms with van der Waals surface area (Å²) in [7, 11) is 1.62. The van der Waals surface area contributed by atoms with Crippen molar-refractivity contribution in [1.29, 1.82) is 0 Å². The molecule has 0 unspecified atom stereocenters. The van der Waals surface area contributed by atoms with Gasteiger partial charge in [-0.25, -0.2) is 9.78 Å². The zero-order chi connectivity index (χ0) is 17.1. The van der Waals surface area contributed by atoms with Crippen LogP contribution < -0.4 is 10.1 Å². The minimum absolute atomic E-state index is 0.212. The summed E-state index contributed by atoms with van der Waals surface area (Å²) in [6.07, 6.45) is 1.67. The van der Waals surface area contributed by atoms with Crippen molar-refractivity contribution in [2.45, 2.75) is 6.54 Å². The first-order valence-electron chi connectivity index (χ1n) is 7.28. The van der Waals surface area contributed by atoms with Crippen LogP contribution in [-0.4, -0.2) is 23.2 Å². The van der Waals surface area contributed by atoms with Crippen LogP contribution in [0.4, 0.5) is 5.82 Å². The maximum atomic E-state index is 11.6. The molecule has 24 heavy (non-hydrogen) atoms. The van der Waals surface area contributed by atoms with E-state index in [4.69, 9.17) is 4.74 Å². The predicted molar refractivity (Wildman–Crippen MR) is 96.7 cm³/mol. The van der Waals surface area contributed by atoms with E-state index in [1.807, 2.05) is 30.3 Å². The molecule has 0 saturated carbocycles. The number of nitrogens with one attached hydrogen (secondary N) is 1. The van der Waals surface area contributed by atoms with Crippen molar-refractivity contribution in [3.63, 3.8) is 0 Å². The van der Waals surface area contributed by atoms with E-state index in [-0.39, 0.29) is 5.56 Å². The second kappa shape index (κ2) is 6.88. The summed E-state index contributed by atoms with van der Waals surface area (Å²) in [5.74, 6) is 0.308. The number of carboxylic acids is 1. The second-order valence-electron chi connectivity index (χ2n) is 5.15. The molecule has 0 saturated heterocycles. The number of hydrogen-bond acceptors (Lipinski definition) is 4. The van der Waals surface area contributed by atoms with Gasteiger partial charge in [0.15, 0.2) is 0 Å². The lowest BCUT2D eigenvalue weighted by atomic mass is 10.1. The summed E-state index contributed by atoms with van der Waals surface area (Å²) >= 11 is 3.43. The van der Waals surface area contributed by atoms with Crippen LogP contribution in [0.25, 0.3) is 10.8 Å². The summed E-state index contributed by atoms with van der Waals surface area (Å²) in [6.45, 7) is 0.474. The summed E-state index contributed by atoms with van der Waals surface area (Å²) in [5.41, 5.74) is 1.18. The first kappa shape index (κ1) is 16.3. The zero-order valence-corrected chi connectivity index (χ0v) is 14.5. The molecule has 0 radical (unpaired) electrons. The quantitative estimate of drug-likeness (QED) is 0.683. The Morgan fingerprint density at radius 2 is 2.04 bits per heavy atom. The average Bonchev–Trinajstić information content (AvgIpc) is 2.61. The first-order valence-corrected chi connectivity index (χ1v) is 8.07. The van der Waals surface area contributed by atoms with E-state index in [9.17, 15) is 9.90 Å². The molecule has 1 heterocycles. The fourth-order valence-electron chi connectivity index (χ4n) is 2.60. The maximum absolute atomic E-state index is 11.6. The monoisotopic (exact) mass is 386 g/mol. The Morgan fingerprint density at radius 3 is 2.79 bits per heavy atom. The number of pyridine rings is 1. The highest BCUT2D eigenvalue weighted by atomic mass is 79.9. The number of benzene rings is 2. The number of halogens is 1. The molecule has 2 aromatic carbocycles. The van der Waals surface area contributed by atoms with Gasteiger partial charge in [-0.15, -0.1) is 0 Å². The van der Waals surface area contributed by atoms with E-state index in [1.165, 1.54) is 0 Å². The van der Waals surface area contributed by atoms with E-state index in [1.54, 1.807) is 25.4 Å². The van der Waals surface area contributed by atoms with Crippen molar-refractivity contribution in [3.8, 4) is 5.75 Å². The third kappa shape index (κ3) is 3.05. The number of hydrogen-bond donors (Lipinski definition) is 2. The zero-order valence-electron chi connectivity index (χ0n) is 12.9. The van der Waals surface area contributed by atoms with Crippen molar-refractivity contribution in [2.24, 2.45) is 0 Å². The van der Waals surface area contributed by atoms with E-state index < -0.39 is 5.97 Å². The van der Waals surface area contributed by atoms with Crippen LogP contribution in [0.3, 0.4) is 0 Å². The van der Waals surface area contributed by atoms with Crippen LogP contribution in [0.15, 0.2) is 53.1 Å². The highest BCUT2D eigenvalue weighted by molar-refractivity contribution is 9.10. The Morgan fingerprint density at radius 1 is 1.25 bits per heavy atom. The highest BCUT2D eigenvalue weighted by Gasteiger charge is 2.15. The Hall–Kier alpha value is -2.60. The van der Waals surface area contributed by atoms with Crippen molar-refractivity contribution in [2.75, 3.05) is 12.4 Å². The third-order valence-electron chi connectivity index (χ3n) is 3.73. The molecular weight excluding hydrogens is 372 g/mol. The predicted octanol–water partition coefficient (Wildman–Crippen LogP) is 4.32. The largest absolute Gasteiger partial charge is 0.496 e. The van der Waals surface area contributed by atoms with Crippen LogP contribution >= 0.6 is 15.9 Å². The van der Waals surface area contributed by atoms with Gasteiger partial charge in [0.25, 0.3) is 0 Å². The van der Waals surface area contributed by atoms with Gasteiger partial charge in [0.05, 0.1) is 12.7 Å². The van der Waals surface area contributed by atoms with Gasteiger partial charge < -0.3 is 15.2 Å². The summed E-state index contributed by atoms with van der Waals surface area (Å²) in [6, 6.07) is 12.8. The van der Waals surface area contributed by atoms with Gasteiger partial charge in [-0.1, -0.05) is 30.3 Å². The number of para-hydroxylation sites is 1. The topological polar surface area (TPSA) is 71.5 Å². The van der Waals surface area contributed by atoms with E-state index in [2.05, 4.69) is 26.2 Å². The lowest BCUT2D eigenvalue weighted by Crippen LogP contribution is -2.06. The molecule has 0 fully saturated rings. The fraction of sp³-hybridized carbons (Fsp3) is 0.111. The van der Waals surface area contributed by atoms with Crippen molar-refractivity contribution in [1.82, 2.24) is 4.98 Å². The van der Waals surface area contributed by atoms with Gasteiger partial charge in [0.2, 0.25) is 0 Å². The molecule has 3 rings (SSSR count). The lowest BCUT2D eigenvalue weighted by molar-refractivity contribution is 0.0699. The second-order valence-corrected chi connectivity index (χ2v) is 6.01. The molecule has 0 bridgehead atoms. The minimum Gasteiger partial charge on any atom is -0.496 e. The van der Waals surface area contributed by atoms with E-state index >= 15 is 0 Å². The van der Waals surface area contributed by atoms with Gasteiger partial charge in [-0.05, 0) is 28.1 Å². The summed E-state index contributed by atoms with van der Waals surface area (Å²) in [5, 5.41) is 14.1. The Kier molecular flexibility index (Phi) is 4.66. The smallest absolute Gasteiger partial charge is 0.336 e. The number of methoxy groups -OCH3 is 1. The molecule has 2 N–H and O–H groups in total. The van der Waals surface area contributed by atoms with Gasteiger partial charge in [0.1, 0.15) is 11.6 Å². The molecule has 0 atom stereocenters. The highest BCUT2D eigenvalue weighted by Crippen LogP contribution is 2.31. The van der Waals surface area contributed by atoms with Crippen LogP contribution in [0.5, 0.6) is 5.75 Å². The van der Waals surface area contributed by atoms with Crippen molar-refractivity contribution < 1.29 is 14.6 Å². The molecule has 3 aromatic rings. The molecule has 0 aliphatic heterocycles. The molecule has 0 aliphatic rings. The van der Waals surface area contributed by atoms with Gasteiger partial charge >= 0.3 is 5.97 Å². The maximum Gasteiger partial charge on any atom is 0.336 e.